The molecule has 0 heterocycles. The van der Waals surface area contributed by atoms with E-state index < -0.39 is 29.1 Å². The fourth-order valence-electron chi connectivity index (χ4n) is 9.43. The number of aliphatic carboxylic acids is 1. The van der Waals surface area contributed by atoms with Gasteiger partial charge in [-0.2, -0.15) is 0 Å². The molecule has 0 bridgehead atoms. The lowest BCUT2D eigenvalue weighted by molar-refractivity contribution is -0.202. The Balaban J connectivity index is 1.71. The van der Waals surface area contributed by atoms with E-state index in [1.165, 1.54) is 19.3 Å². The quantitative estimate of drug-likeness (QED) is 0.454. The van der Waals surface area contributed by atoms with Gasteiger partial charge in [-0.05, 0) is 99.2 Å². The summed E-state index contributed by atoms with van der Waals surface area (Å²) in [6.45, 7) is 4.59. The molecule has 0 spiro atoms. The Bertz CT molecular complexity index is 746. The molecule has 0 aromatic rings. The van der Waals surface area contributed by atoms with Crippen molar-refractivity contribution in [2.45, 2.75) is 90.2 Å². The van der Waals surface area contributed by atoms with Crippen molar-refractivity contribution in [1.82, 2.24) is 0 Å². The monoisotopic (exact) mass is 450 g/mol. The SMILES string of the molecule is CCC(N)(OC(N)=O)[C@]12CC[C@H]3[C@@H](CCC4CCC(CCO)C[C@@]43C)[C@@H]1CCC2C(=O)O. The molecule has 1 amide bonds. The lowest BCUT2D eigenvalue weighted by Crippen LogP contribution is -2.67. The first-order valence-corrected chi connectivity index (χ1v) is 12.7. The molecular weight excluding hydrogens is 408 g/mol. The predicted octanol–water partition coefficient (Wildman–Crippen LogP) is 3.87. The van der Waals surface area contributed by atoms with E-state index in [0.717, 1.165) is 32.1 Å². The third-order valence-electron chi connectivity index (χ3n) is 10.7. The first-order valence-electron chi connectivity index (χ1n) is 12.7. The summed E-state index contributed by atoms with van der Waals surface area (Å²) < 4.78 is 5.60. The number of rotatable bonds is 6. The molecule has 4 aliphatic carbocycles. The van der Waals surface area contributed by atoms with Gasteiger partial charge in [-0.3, -0.25) is 10.5 Å². The number of primary amides is 1. The van der Waals surface area contributed by atoms with Crippen molar-refractivity contribution in [2.24, 2.45) is 57.8 Å². The summed E-state index contributed by atoms with van der Waals surface area (Å²) in [4.78, 5) is 24.3. The number of ether oxygens (including phenoxy) is 1. The third-order valence-corrected chi connectivity index (χ3v) is 10.7. The van der Waals surface area contributed by atoms with Crippen molar-refractivity contribution in [2.75, 3.05) is 6.61 Å². The highest BCUT2D eigenvalue weighted by atomic mass is 16.6. The van der Waals surface area contributed by atoms with E-state index in [0.29, 0.717) is 42.9 Å². The molecule has 4 aliphatic rings. The van der Waals surface area contributed by atoms with Crippen LogP contribution in [0.3, 0.4) is 0 Å². The van der Waals surface area contributed by atoms with E-state index in [1.807, 2.05) is 6.92 Å². The summed E-state index contributed by atoms with van der Waals surface area (Å²) in [7, 11) is 0. The highest BCUT2D eigenvalue weighted by Crippen LogP contribution is 2.70. The van der Waals surface area contributed by atoms with Crippen molar-refractivity contribution < 1.29 is 24.5 Å². The molecule has 182 valence electrons. The summed E-state index contributed by atoms with van der Waals surface area (Å²) in [5, 5.41) is 19.7. The van der Waals surface area contributed by atoms with Crippen LogP contribution in [0, 0.1) is 46.3 Å². The number of fused-ring (bicyclic) bond motifs is 5. The molecule has 7 nitrogen and oxygen atoms in total. The molecule has 0 aliphatic heterocycles. The van der Waals surface area contributed by atoms with Crippen molar-refractivity contribution >= 4 is 12.1 Å². The van der Waals surface area contributed by atoms with Crippen LogP contribution in [0.1, 0.15) is 84.5 Å². The van der Waals surface area contributed by atoms with Crippen LogP contribution in [0.15, 0.2) is 0 Å². The number of hydrogen-bond acceptors (Lipinski definition) is 5. The number of nitrogens with two attached hydrogens (primary N) is 2. The van der Waals surface area contributed by atoms with Crippen LogP contribution >= 0.6 is 0 Å². The van der Waals surface area contributed by atoms with Crippen molar-refractivity contribution in [1.29, 1.82) is 0 Å². The van der Waals surface area contributed by atoms with Gasteiger partial charge in [0.2, 0.25) is 0 Å². The minimum absolute atomic E-state index is 0.127. The standard InChI is InChI=1S/C25H42N2O5/c1-3-25(27,32-22(26)31)24-12-10-18-17(19(24)8-9-20(24)21(29)30)7-6-16-5-4-15(11-13-28)14-23(16,18)2/h15-20,28H,3-14,27H2,1-2H3,(H2,26,31)(H,29,30)/t15?,16?,17-,18+,19+,20?,23+,24-,25?/m1/s1. The van der Waals surface area contributed by atoms with Gasteiger partial charge in [0.15, 0.2) is 5.72 Å². The molecule has 0 aromatic carbocycles. The van der Waals surface area contributed by atoms with Crippen LogP contribution in [0.25, 0.3) is 0 Å². The highest BCUT2D eigenvalue weighted by molar-refractivity contribution is 5.72. The van der Waals surface area contributed by atoms with E-state index >= 15 is 0 Å². The fourth-order valence-corrected chi connectivity index (χ4v) is 9.43. The molecule has 32 heavy (non-hydrogen) atoms. The fraction of sp³-hybridized carbons (Fsp3) is 0.920. The van der Waals surface area contributed by atoms with Gasteiger partial charge in [-0.25, -0.2) is 4.79 Å². The molecule has 0 aromatic heterocycles. The van der Waals surface area contributed by atoms with Crippen molar-refractivity contribution in [3.8, 4) is 0 Å². The second kappa shape index (κ2) is 8.46. The van der Waals surface area contributed by atoms with Crippen LogP contribution in [-0.2, 0) is 9.53 Å². The maximum Gasteiger partial charge on any atom is 0.406 e. The zero-order valence-corrected chi connectivity index (χ0v) is 19.7. The van der Waals surface area contributed by atoms with Gasteiger partial charge in [0, 0.05) is 12.0 Å². The summed E-state index contributed by atoms with van der Waals surface area (Å²) >= 11 is 0. The predicted molar refractivity (Wildman–Crippen MR) is 120 cm³/mol. The van der Waals surface area contributed by atoms with Gasteiger partial charge in [-0.15, -0.1) is 0 Å². The van der Waals surface area contributed by atoms with E-state index in [-0.39, 0.29) is 17.9 Å². The Morgan fingerprint density at radius 1 is 1.09 bits per heavy atom. The second-order valence-corrected chi connectivity index (χ2v) is 11.5. The maximum absolute atomic E-state index is 12.4. The normalized spacial score (nSPS) is 45.1. The smallest absolute Gasteiger partial charge is 0.406 e. The molecule has 9 atom stereocenters. The van der Waals surface area contributed by atoms with Crippen LogP contribution in [0.2, 0.25) is 0 Å². The molecule has 4 fully saturated rings. The van der Waals surface area contributed by atoms with E-state index in [2.05, 4.69) is 6.92 Å². The number of aliphatic hydroxyl groups is 1. The largest absolute Gasteiger partial charge is 0.481 e. The Morgan fingerprint density at radius 3 is 2.44 bits per heavy atom. The summed E-state index contributed by atoms with van der Waals surface area (Å²) in [5.74, 6) is 0.890. The zero-order valence-electron chi connectivity index (χ0n) is 19.7. The van der Waals surface area contributed by atoms with Crippen LogP contribution < -0.4 is 11.5 Å². The maximum atomic E-state index is 12.4. The third kappa shape index (κ3) is 3.37. The molecule has 6 N–H and O–H groups in total. The molecule has 4 rings (SSSR count). The van der Waals surface area contributed by atoms with Crippen molar-refractivity contribution in [3.63, 3.8) is 0 Å². The van der Waals surface area contributed by atoms with Gasteiger partial charge in [0.1, 0.15) is 0 Å². The van der Waals surface area contributed by atoms with Gasteiger partial charge in [0.25, 0.3) is 0 Å². The van der Waals surface area contributed by atoms with Gasteiger partial charge >= 0.3 is 12.1 Å². The van der Waals surface area contributed by atoms with E-state index in [1.54, 1.807) is 0 Å². The van der Waals surface area contributed by atoms with Crippen LogP contribution in [0.4, 0.5) is 4.79 Å². The first kappa shape index (κ1) is 23.8. The second-order valence-electron chi connectivity index (χ2n) is 11.5. The highest BCUT2D eigenvalue weighted by Gasteiger charge is 2.70. The van der Waals surface area contributed by atoms with E-state index in [9.17, 15) is 19.8 Å². The Morgan fingerprint density at radius 2 is 1.81 bits per heavy atom. The molecule has 4 saturated carbocycles. The summed E-state index contributed by atoms with van der Waals surface area (Å²) in [5.41, 5.74) is 10.3. The molecular formula is C25H42N2O5. The Hall–Kier alpha value is -1.34. The number of carbonyl (C=O) groups excluding carboxylic acids is 1. The van der Waals surface area contributed by atoms with Gasteiger partial charge in [0.05, 0.1) is 5.92 Å². The Labute approximate surface area is 191 Å². The number of carboxylic acid groups (broad SMARTS) is 1. The first-order chi connectivity index (χ1) is 15.1. The average Bonchev–Trinajstić information content (AvgIpc) is 3.14. The Kier molecular flexibility index (Phi) is 6.29. The minimum atomic E-state index is -1.36. The lowest BCUT2D eigenvalue weighted by atomic mass is 9.42. The van der Waals surface area contributed by atoms with Crippen LogP contribution in [-0.4, -0.2) is 34.6 Å². The molecule has 4 unspecified atom stereocenters. The van der Waals surface area contributed by atoms with Gasteiger partial charge in [-0.1, -0.05) is 20.3 Å². The van der Waals surface area contributed by atoms with Gasteiger partial charge < -0.3 is 20.7 Å². The van der Waals surface area contributed by atoms with Crippen LogP contribution in [0.5, 0.6) is 0 Å². The number of carboxylic acids is 1. The summed E-state index contributed by atoms with van der Waals surface area (Å²) in [6, 6.07) is 0. The topological polar surface area (TPSA) is 136 Å². The van der Waals surface area contributed by atoms with E-state index in [4.69, 9.17) is 16.2 Å². The number of aliphatic hydroxyl groups excluding tert-OH is 1. The lowest BCUT2D eigenvalue weighted by Gasteiger charge is -2.63. The summed E-state index contributed by atoms with van der Waals surface area (Å²) in [6.07, 6.45) is 9.17. The zero-order chi connectivity index (χ0) is 23.3. The number of carbonyl (C=O) groups is 2. The number of hydrogen-bond donors (Lipinski definition) is 4. The molecule has 0 radical (unpaired) electrons. The minimum Gasteiger partial charge on any atom is -0.481 e. The molecule has 7 heteroatoms. The number of amides is 1. The van der Waals surface area contributed by atoms with Crippen molar-refractivity contribution in [3.05, 3.63) is 0 Å². The molecule has 0 saturated heterocycles. The average molecular weight is 451 g/mol.